The number of aliphatic hydroxyl groups is 1. The predicted octanol–water partition coefficient (Wildman–Crippen LogP) is 4.45. The highest BCUT2D eigenvalue weighted by molar-refractivity contribution is 5.81. The molecule has 0 amide bonds. The quantitative estimate of drug-likeness (QED) is 0.340. The standard InChI is InChI=1S/C29H31N5O4/c1-17(35)11-21-13-23(9-10-30-21)38-22-6-7-24-26(14-22)33(2)29(31-24)32-25-12-20(18-3-4-18)16-34(28(25)37)15-19-5-8-27(19)36/h6-7,9-10,12-14,16,18-19,27,36H,3-5,8,11,15H2,1-2H3,(H,31,32)/t19-,27-/m0/s1. The molecule has 0 saturated heterocycles. The average Bonchev–Trinajstić information content (AvgIpc) is 3.69. The second-order valence-electron chi connectivity index (χ2n) is 10.6. The fourth-order valence-electron chi connectivity index (χ4n) is 5.01. The van der Waals surface area contributed by atoms with Crippen molar-refractivity contribution in [2.45, 2.75) is 57.6 Å². The number of carbonyl (C=O) groups excluding carboxylic acids is 1. The number of aliphatic hydroxyl groups excluding tert-OH is 1. The molecule has 2 atom stereocenters. The van der Waals surface area contributed by atoms with Gasteiger partial charge in [0.15, 0.2) is 0 Å². The van der Waals surface area contributed by atoms with E-state index in [0.717, 1.165) is 42.3 Å². The van der Waals surface area contributed by atoms with Crippen LogP contribution in [0.25, 0.3) is 11.0 Å². The molecule has 0 unspecified atom stereocenters. The van der Waals surface area contributed by atoms with Crippen LogP contribution >= 0.6 is 0 Å². The van der Waals surface area contributed by atoms with Crippen LogP contribution in [0.2, 0.25) is 0 Å². The van der Waals surface area contributed by atoms with Gasteiger partial charge in [0.05, 0.1) is 22.8 Å². The number of nitrogens with zero attached hydrogens (tertiary/aromatic N) is 4. The van der Waals surface area contributed by atoms with E-state index >= 15 is 0 Å². The van der Waals surface area contributed by atoms with Crippen molar-refractivity contribution in [3.63, 3.8) is 0 Å². The van der Waals surface area contributed by atoms with Gasteiger partial charge in [0, 0.05) is 50.5 Å². The van der Waals surface area contributed by atoms with Gasteiger partial charge in [-0.05, 0) is 68.4 Å². The molecule has 9 heteroatoms. The van der Waals surface area contributed by atoms with Gasteiger partial charge in [0.1, 0.15) is 23.0 Å². The van der Waals surface area contributed by atoms with Gasteiger partial charge in [-0.1, -0.05) is 0 Å². The van der Waals surface area contributed by atoms with Gasteiger partial charge in [-0.15, -0.1) is 0 Å². The lowest BCUT2D eigenvalue weighted by molar-refractivity contribution is -0.116. The molecule has 9 nitrogen and oxygen atoms in total. The largest absolute Gasteiger partial charge is 0.457 e. The molecule has 2 aliphatic rings. The van der Waals surface area contributed by atoms with Crippen LogP contribution in [0.1, 0.15) is 49.8 Å². The van der Waals surface area contributed by atoms with Gasteiger partial charge in [0.25, 0.3) is 5.56 Å². The highest BCUT2D eigenvalue weighted by Crippen LogP contribution is 2.41. The summed E-state index contributed by atoms with van der Waals surface area (Å²) in [5.74, 6) is 2.45. The number of imidazole rings is 1. The van der Waals surface area contributed by atoms with E-state index in [-0.39, 0.29) is 29.8 Å². The molecule has 0 radical (unpaired) electrons. The maximum atomic E-state index is 13.4. The number of rotatable bonds is 9. The topological polar surface area (TPSA) is 111 Å². The van der Waals surface area contributed by atoms with Crippen LogP contribution in [0.5, 0.6) is 11.5 Å². The molecule has 2 fully saturated rings. The molecular formula is C29H31N5O4. The number of carbonyl (C=O) groups is 1. The number of pyridine rings is 2. The molecule has 0 spiro atoms. The molecular weight excluding hydrogens is 482 g/mol. The first kappa shape index (κ1) is 24.4. The monoisotopic (exact) mass is 513 g/mol. The molecule has 0 aliphatic heterocycles. The Bertz CT molecular complexity index is 1590. The second kappa shape index (κ2) is 9.72. The van der Waals surface area contributed by atoms with Crippen molar-refractivity contribution in [3.05, 3.63) is 70.4 Å². The van der Waals surface area contributed by atoms with Crippen LogP contribution in [0.4, 0.5) is 11.6 Å². The minimum atomic E-state index is -0.327. The summed E-state index contributed by atoms with van der Waals surface area (Å²) in [6.07, 6.45) is 7.54. The minimum absolute atomic E-state index is 0.0426. The molecule has 38 heavy (non-hydrogen) atoms. The Kier molecular flexibility index (Phi) is 6.23. The molecule has 4 aromatic rings. The highest BCUT2D eigenvalue weighted by atomic mass is 16.5. The number of ether oxygens (including phenoxy) is 1. The average molecular weight is 514 g/mol. The van der Waals surface area contributed by atoms with Crippen molar-refractivity contribution >= 4 is 28.5 Å². The van der Waals surface area contributed by atoms with Crippen molar-refractivity contribution in [2.24, 2.45) is 13.0 Å². The highest BCUT2D eigenvalue weighted by Gasteiger charge is 2.31. The molecule has 0 bridgehead atoms. The van der Waals surface area contributed by atoms with E-state index < -0.39 is 0 Å². The number of hydrogen-bond donors (Lipinski definition) is 2. The number of anilines is 2. The number of Topliss-reactive ketones (excluding diaryl/α,β-unsaturated/α-hetero) is 1. The lowest BCUT2D eigenvalue weighted by Gasteiger charge is -2.32. The summed E-state index contributed by atoms with van der Waals surface area (Å²) < 4.78 is 9.71. The summed E-state index contributed by atoms with van der Waals surface area (Å²) in [5, 5.41) is 13.3. The Labute approximate surface area is 220 Å². The summed E-state index contributed by atoms with van der Waals surface area (Å²) in [4.78, 5) is 33.8. The Morgan fingerprint density at radius 2 is 1.95 bits per heavy atom. The van der Waals surface area contributed by atoms with Crippen molar-refractivity contribution in [1.29, 1.82) is 0 Å². The van der Waals surface area contributed by atoms with E-state index in [1.165, 1.54) is 6.92 Å². The SMILES string of the molecule is CC(=O)Cc1cc(Oc2ccc3nc(Nc4cc(C5CC5)cn(C[C@@H]5CC[C@@H]5O)c4=O)n(C)c3c2)ccn1. The molecule has 196 valence electrons. The second-order valence-corrected chi connectivity index (χ2v) is 10.6. The molecule has 2 N–H and O–H groups in total. The number of benzene rings is 1. The van der Waals surface area contributed by atoms with Crippen LogP contribution in [0.15, 0.2) is 53.6 Å². The van der Waals surface area contributed by atoms with Crippen molar-refractivity contribution < 1.29 is 14.6 Å². The number of aryl methyl sites for hydroxylation is 1. The van der Waals surface area contributed by atoms with Crippen LogP contribution in [-0.4, -0.2) is 36.1 Å². The number of nitrogens with one attached hydrogen (secondary N) is 1. The van der Waals surface area contributed by atoms with Crippen LogP contribution in [0.3, 0.4) is 0 Å². The maximum Gasteiger partial charge on any atom is 0.274 e. The number of fused-ring (bicyclic) bond motifs is 1. The fourth-order valence-corrected chi connectivity index (χ4v) is 5.01. The number of ketones is 1. The molecule has 6 rings (SSSR count). The molecule has 2 aliphatic carbocycles. The van der Waals surface area contributed by atoms with E-state index in [4.69, 9.17) is 9.72 Å². The van der Waals surface area contributed by atoms with Gasteiger partial charge in [-0.3, -0.25) is 14.6 Å². The van der Waals surface area contributed by atoms with Crippen molar-refractivity contribution in [1.82, 2.24) is 19.1 Å². The molecule has 1 aromatic carbocycles. The predicted molar refractivity (Wildman–Crippen MR) is 144 cm³/mol. The molecule has 3 aromatic heterocycles. The summed E-state index contributed by atoms with van der Waals surface area (Å²) in [7, 11) is 1.90. The van der Waals surface area contributed by atoms with E-state index in [2.05, 4.69) is 10.3 Å². The van der Waals surface area contributed by atoms with Gasteiger partial charge in [-0.25, -0.2) is 4.98 Å². The summed E-state index contributed by atoms with van der Waals surface area (Å²) in [5.41, 5.74) is 3.81. The zero-order valence-electron chi connectivity index (χ0n) is 21.6. The summed E-state index contributed by atoms with van der Waals surface area (Å²) in [6.45, 7) is 2.06. The van der Waals surface area contributed by atoms with Crippen LogP contribution in [-0.2, 0) is 24.8 Å². The first-order chi connectivity index (χ1) is 18.3. The first-order valence-electron chi connectivity index (χ1n) is 13.1. The van der Waals surface area contributed by atoms with Crippen molar-refractivity contribution in [2.75, 3.05) is 5.32 Å². The Hall–Kier alpha value is -3.98. The lowest BCUT2D eigenvalue weighted by atomic mass is 9.82. The molecule has 2 saturated carbocycles. The maximum absolute atomic E-state index is 13.4. The first-order valence-corrected chi connectivity index (χ1v) is 13.1. The molecule has 3 heterocycles. The van der Waals surface area contributed by atoms with Gasteiger partial charge >= 0.3 is 0 Å². The van der Waals surface area contributed by atoms with E-state index in [9.17, 15) is 14.7 Å². The van der Waals surface area contributed by atoms with Crippen LogP contribution in [0, 0.1) is 5.92 Å². The van der Waals surface area contributed by atoms with E-state index in [0.29, 0.717) is 41.3 Å². The number of aromatic nitrogens is 4. The van der Waals surface area contributed by atoms with Crippen molar-refractivity contribution in [3.8, 4) is 11.5 Å². The smallest absolute Gasteiger partial charge is 0.274 e. The van der Waals surface area contributed by atoms with Gasteiger partial charge in [-0.2, -0.15) is 0 Å². The third-order valence-electron chi connectivity index (χ3n) is 7.52. The zero-order valence-corrected chi connectivity index (χ0v) is 21.6. The summed E-state index contributed by atoms with van der Waals surface area (Å²) >= 11 is 0. The Morgan fingerprint density at radius 3 is 2.66 bits per heavy atom. The van der Waals surface area contributed by atoms with Crippen LogP contribution < -0.4 is 15.6 Å². The van der Waals surface area contributed by atoms with E-state index in [1.54, 1.807) is 22.9 Å². The minimum Gasteiger partial charge on any atom is -0.457 e. The Balaban J connectivity index is 1.27. The Morgan fingerprint density at radius 1 is 1.13 bits per heavy atom. The normalized spacial score (nSPS) is 18.8. The zero-order chi connectivity index (χ0) is 26.4. The third-order valence-corrected chi connectivity index (χ3v) is 7.52. The lowest BCUT2D eigenvalue weighted by Crippen LogP contribution is -2.37. The van der Waals surface area contributed by atoms with Gasteiger partial charge in [0.2, 0.25) is 5.95 Å². The van der Waals surface area contributed by atoms with Gasteiger partial charge < -0.3 is 24.3 Å². The fraction of sp³-hybridized carbons (Fsp3) is 0.379. The van der Waals surface area contributed by atoms with E-state index in [1.807, 2.05) is 42.1 Å². The third kappa shape index (κ3) is 4.93. The summed E-state index contributed by atoms with van der Waals surface area (Å²) in [6, 6.07) is 11.1. The number of hydrogen-bond acceptors (Lipinski definition) is 7.